The minimum Gasteiger partial charge on any atom is -0.492 e. The molecular weight excluding hydrogens is 234 g/mol. The van der Waals surface area contributed by atoms with Gasteiger partial charge < -0.3 is 15.4 Å². The smallest absolute Gasteiger partial charge is 0.177 e. The monoisotopic (exact) mass is 251 g/mol. The Morgan fingerprint density at radius 2 is 2.41 bits per heavy atom. The van der Waals surface area contributed by atoms with Gasteiger partial charge in [-0.1, -0.05) is 13.3 Å². The van der Waals surface area contributed by atoms with Crippen LogP contribution in [0.4, 0.5) is 10.7 Å². The topological polar surface area (TPSA) is 62.3 Å². The molecule has 2 rings (SSSR count). The van der Waals surface area contributed by atoms with Gasteiger partial charge in [-0.25, -0.2) is 0 Å². The summed E-state index contributed by atoms with van der Waals surface area (Å²) in [6, 6.07) is 2.13. The molecule has 92 valence electrons. The van der Waals surface area contributed by atoms with Gasteiger partial charge in [-0.2, -0.15) is 5.26 Å². The highest BCUT2D eigenvalue weighted by atomic mass is 32.1. The van der Waals surface area contributed by atoms with Gasteiger partial charge in [0.1, 0.15) is 21.6 Å². The second-order valence-electron chi connectivity index (χ2n) is 4.30. The van der Waals surface area contributed by atoms with Crippen LogP contribution in [0.2, 0.25) is 0 Å². The molecule has 1 aliphatic rings. The first kappa shape index (κ1) is 12.1. The maximum Gasteiger partial charge on any atom is 0.177 e. The summed E-state index contributed by atoms with van der Waals surface area (Å²) in [6.07, 6.45) is 2.41. The van der Waals surface area contributed by atoms with Gasteiger partial charge in [0.25, 0.3) is 0 Å². The first-order chi connectivity index (χ1) is 8.21. The molecule has 0 amide bonds. The highest BCUT2D eigenvalue weighted by Crippen LogP contribution is 2.45. The first-order valence-electron chi connectivity index (χ1n) is 5.82. The summed E-state index contributed by atoms with van der Waals surface area (Å²) >= 11 is 1.44. The summed E-state index contributed by atoms with van der Waals surface area (Å²) in [5.74, 6) is 1.41. The van der Waals surface area contributed by atoms with E-state index in [2.05, 4.69) is 17.9 Å². The van der Waals surface area contributed by atoms with Crippen molar-refractivity contribution < 1.29 is 4.74 Å². The molecule has 1 atom stereocenters. The van der Waals surface area contributed by atoms with Gasteiger partial charge in [0.15, 0.2) is 5.75 Å². The third kappa shape index (κ3) is 2.05. The highest BCUT2D eigenvalue weighted by Gasteiger charge is 2.27. The number of ether oxygens (including phenoxy) is 1. The number of anilines is 2. The molecule has 2 N–H and O–H groups in total. The molecular formula is C12H17N3OS. The van der Waals surface area contributed by atoms with E-state index in [9.17, 15) is 0 Å². The van der Waals surface area contributed by atoms with Gasteiger partial charge in [-0.3, -0.25) is 0 Å². The van der Waals surface area contributed by atoms with Gasteiger partial charge in [0.05, 0.1) is 7.11 Å². The molecule has 0 aliphatic carbocycles. The zero-order valence-electron chi connectivity index (χ0n) is 10.2. The van der Waals surface area contributed by atoms with E-state index in [1.165, 1.54) is 24.2 Å². The Labute approximate surface area is 106 Å². The number of thiophene rings is 1. The molecule has 0 aromatic carbocycles. The van der Waals surface area contributed by atoms with Gasteiger partial charge in [-0.15, -0.1) is 11.3 Å². The lowest BCUT2D eigenvalue weighted by Gasteiger charge is -2.17. The number of hydrogen-bond acceptors (Lipinski definition) is 5. The Morgan fingerprint density at radius 1 is 1.65 bits per heavy atom. The van der Waals surface area contributed by atoms with Crippen molar-refractivity contribution in [1.82, 2.24) is 0 Å². The van der Waals surface area contributed by atoms with Crippen LogP contribution >= 0.6 is 11.3 Å². The molecule has 17 heavy (non-hydrogen) atoms. The standard InChI is InChI=1S/C12H17N3OS/c1-3-8-4-5-15(7-8)12-11(16-2)10(14)9(6-13)17-12/h8H,3-5,7,14H2,1-2H3. The van der Waals surface area contributed by atoms with Crippen LogP contribution in [0.1, 0.15) is 24.6 Å². The maximum absolute atomic E-state index is 9.00. The number of nitrogens with two attached hydrogens (primary N) is 1. The van der Waals surface area contributed by atoms with E-state index in [-0.39, 0.29) is 0 Å². The van der Waals surface area contributed by atoms with Crippen molar-refractivity contribution in [2.24, 2.45) is 5.92 Å². The molecule has 5 heteroatoms. The molecule has 1 fully saturated rings. The van der Waals surface area contributed by atoms with Crippen molar-refractivity contribution >= 4 is 22.0 Å². The lowest BCUT2D eigenvalue weighted by Crippen LogP contribution is -2.18. The largest absolute Gasteiger partial charge is 0.492 e. The summed E-state index contributed by atoms with van der Waals surface area (Å²) < 4.78 is 5.33. The number of hydrogen-bond donors (Lipinski definition) is 1. The molecule has 1 saturated heterocycles. The lowest BCUT2D eigenvalue weighted by molar-refractivity contribution is 0.418. The first-order valence-corrected chi connectivity index (χ1v) is 6.64. The summed E-state index contributed by atoms with van der Waals surface area (Å²) in [6.45, 7) is 4.28. The third-order valence-corrected chi connectivity index (χ3v) is 4.49. The average molecular weight is 251 g/mol. The molecule has 2 heterocycles. The number of nitriles is 1. The van der Waals surface area contributed by atoms with E-state index in [1.54, 1.807) is 7.11 Å². The minimum atomic E-state index is 0.481. The van der Waals surface area contributed by atoms with Crippen LogP contribution < -0.4 is 15.4 Å². The van der Waals surface area contributed by atoms with Crippen LogP contribution in [0.15, 0.2) is 0 Å². The summed E-state index contributed by atoms with van der Waals surface area (Å²) in [5.41, 5.74) is 6.38. The van der Waals surface area contributed by atoms with E-state index in [0.717, 1.165) is 24.0 Å². The van der Waals surface area contributed by atoms with Crippen LogP contribution in [-0.4, -0.2) is 20.2 Å². The molecule has 1 unspecified atom stereocenters. The SMILES string of the molecule is CCC1CCN(c2sc(C#N)c(N)c2OC)C1. The minimum absolute atomic E-state index is 0.481. The number of methoxy groups -OCH3 is 1. The van der Waals surface area contributed by atoms with Crippen molar-refractivity contribution in [3.8, 4) is 11.8 Å². The van der Waals surface area contributed by atoms with Crippen LogP contribution in [0.3, 0.4) is 0 Å². The van der Waals surface area contributed by atoms with Crippen LogP contribution in [0.5, 0.6) is 5.75 Å². The molecule has 0 radical (unpaired) electrons. The summed E-state index contributed by atoms with van der Waals surface area (Å²) in [4.78, 5) is 2.84. The van der Waals surface area contributed by atoms with Crippen molar-refractivity contribution in [3.63, 3.8) is 0 Å². The van der Waals surface area contributed by atoms with Crippen molar-refractivity contribution in [2.45, 2.75) is 19.8 Å². The van der Waals surface area contributed by atoms with E-state index in [0.29, 0.717) is 16.3 Å². The molecule has 1 aliphatic heterocycles. The van der Waals surface area contributed by atoms with Crippen molar-refractivity contribution in [2.75, 3.05) is 30.8 Å². The Hall–Kier alpha value is -1.41. The fraction of sp³-hybridized carbons (Fsp3) is 0.583. The molecule has 0 bridgehead atoms. The lowest BCUT2D eigenvalue weighted by atomic mass is 10.1. The van der Waals surface area contributed by atoms with Crippen LogP contribution in [0, 0.1) is 17.2 Å². The number of nitrogen functional groups attached to an aromatic ring is 1. The van der Waals surface area contributed by atoms with Crippen LogP contribution in [0.25, 0.3) is 0 Å². The van der Waals surface area contributed by atoms with Crippen molar-refractivity contribution in [3.05, 3.63) is 4.88 Å². The number of rotatable bonds is 3. The fourth-order valence-corrected chi connectivity index (χ4v) is 3.28. The zero-order valence-corrected chi connectivity index (χ0v) is 11.0. The normalized spacial score (nSPS) is 19.4. The zero-order chi connectivity index (χ0) is 12.4. The predicted molar refractivity (Wildman–Crippen MR) is 70.6 cm³/mol. The molecule has 4 nitrogen and oxygen atoms in total. The second kappa shape index (κ2) is 4.84. The van der Waals surface area contributed by atoms with E-state index in [1.807, 2.05) is 0 Å². The summed E-state index contributed by atoms with van der Waals surface area (Å²) in [7, 11) is 1.61. The molecule has 1 aromatic heterocycles. The fourth-order valence-electron chi connectivity index (χ4n) is 2.26. The van der Waals surface area contributed by atoms with E-state index < -0.39 is 0 Å². The summed E-state index contributed by atoms with van der Waals surface area (Å²) in [5, 5.41) is 10.0. The molecule has 0 spiro atoms. The molecule has 1 aromatic rings. The Kier molecular flexibility index (Phi) is 3.43. The second-order valence-corrected chi connectivity index (χ2v) is 5.30. The number of nitrogens with zero attached hydrogens (tertiary/aromatic N) is 2. The maximum atomic E-state index is 9.00. The molecule has 0 saturated carbocycles. The van der Waals surface area contributed by atoms with E-state index in [4.69, 9.17) is 15.7 Å². The highest BCUT2D eigenvalue weighted by molar-refractivity contribution is 7.17. The van der Waals surface area contributed by atoms with Gasteiger partial charge in [0.2, 0.25) is 0 Å². The van der Waals surface area contributed by atoms with Gasteiger partial charge >= 0.3 is 0 Å². The Bertz CT molecular complexity index is 449. The van der Waals surface area contributed by atoms with Crippen molar-refractivity contribution in [1.29, 1.82) is 5.26 Å². The van der Waals surface area contributed by atoms with Gasteiger partial charge in [-0.05, 0) is 12.3 Å². The van der Waals surface area contributed by atoms with Crippen LogP contribution in [-0.2, 0) is 0 Å². The average Bonchev–Trinajstić information content (AvgIpc) is 2.92. The van der Waals surface area contributed by atoms with Gasteiger partial charge in [0, 0.05) is 13.1 Å². The third-order valence-electron chi connectivity index (χ3n) is 3.34. The predicted octanol–water partition coefficient (Wildman–Crippen LogP) is 2.45. The Morgan fingerprint density at radius 3 is 2.94 bits per heavy atom. The Balaban J connectivity index is 2.30. The van der Waals surface area contributed by atoms with E-state index >= 15 is 0 Å². The quantitative estimate of drug-likeness (QED) is 0.896.